The Balaban J connectivity index is 2.15. The van der Waals surface area contributed by atoms with Gasteiger partial charge in [-0.3, -0.25) is 0 Å². The second kappa shape index (κ2) is 6.54. The number of benzene rings is 2. The van der Waals surface area contributed by atoms with E-state index in [2.05, 4.69) is 0 Å². The molecule has 2 aromatic rings. The van der Waals surface area contributed by atoms with Crippen molar-refractivity contribution in [3.8, 4) is 11.5 Å². The van der Waals surface area contributed by atoms with Gasteiger partial charge in [0.2, 0.25) is 0 Å². The van der Waals surface area contributed by atoms with Crippen molar-refractivity contribution in [1.82, 2.24) is 0 Å². The van der Waals surface area contributed by atoms with Gasteiger partial charge in [0.25, 0.3) is 0 Å². The molecular formula is C16H17F2NO2. The van der Waals surface area contributed by atoms with Crippen LogP contribution in [0.5, 0.6) is 11.5 Å². The first kappa shape index (κ1) is 15.3. The van der Waals surface area contributed by atoms with Crippen molar-refractivity contribution in [3.63, 3.8) is 0 Å². The third-order valence-electron chi connectivity index (χ3n) is 3.07. The molecule has 0 fully saturated rings. The summed E-state index contributed by atoms with van der Waals surface area (Å²) >= 11 is 0. The van der Waals surface area contributed by atoms with Gasteiger partial charge >= 0.3 is 0 Å². The van der Waals surface area contributed by atoms with E-state index in [1.165, 1.54) is 37.4 Å². The van der Waals surface area contributed by atoms with Crippen LogP contribution in [0.25, 0.3) is 0 Å². The van der Waals surface area contributed by atoms with E-state index in [-0.39, 0.29) is 24.2 Å². The Labute approximate surface area is 122 Å². The van der Waals surface area contributed by atoms with Gasteiger partial charge in [0, 0.05) is 11.6 Å². The monoisotopic (exact) mass is 293 g/mol. The third-order valence-corrected chi connectivity index (χ3v) is 3.07. The van der Waals surface area contributed by atoms with Crippen LogP contribution >= 0.6 is 0 Å². The van der Waals surface area contributed by atoms with E-state index in [0.717, 1.165) is 0 Å². The third kappa shape index (κ3) is 3.70. The van der Waals surface area contributed by atoms with Crippen LogP contribution in [0.4, 0.5) is 8.78 Å². The topological polar surface area (TPSA) is 44.5 Å². The standard InChI is InChI=1S/C16H17F2NO2/c1-10(19)13-8-12(17)4-6-15(13)21-9-11-3-5-16(20-2)14(18)7-11/h3-8,10H,9,19H2,1-2H3. The lowest BCUT2D eigenvalue weighted by atomic mass is 10.1. The fourth-order valence-electron chi connectivity index (χ4n) is 1.97. The summed E-state index contributed by atoms with van der Waals surface area (Å²) in [5.74, 6) is -0.158. The van der Waals surface area contributed by atoms with Gasteiger partial charge in [-0.2, -0.15) is 0 Å². The molecule has 1 atom stereocenters. The highest BCUT2D eigenvalue weighted by Gasteiger charge is 2.10. The van der Waals surface area contributed by atoms with E-state index in [1.807, 2.05) is 0 Å². The van der Waals surface area contributed by atoms with Crippen LogP contribution in [-0.2, 0) is 6.61 Å². The fourth-order valence-corrected chi connectivity index (χ4v) is 1.97. The molecule has 0 saturated heterocycles. The maximum absolute atomic E-state index is 13.6. The van der Waals surface area contributed by atoms with Gasteiger partial charge in [0.1, 0.15) is 18.2 Å². The maximum Gasteiger partial charge on any atom is 0.165 e. The predicted molar refractivity (Wildman–Crippen MR) is 76.3 cm³/mol. The van der Waals surface area contributed by atoms with Crippen molar-refractivity contribution < 1.29 is 18.3 Å². The smallest absolute Gasteiger partial charge is 0.165 e. The van der Waals surface area contributed by atoms with E-state index in [1.54, 1.807) is 13.0 Å². The van der Waals surface area contributed by atoms with Crippen LogP contribution in [0.2, 0.25) is 0 Å². The van der Waals surface area contributed by atoms with Gasteiger partial charge in [0.15, 0.2) is 11.6 Å². The lowest BCUT2D eigenvalue weighted by molar-refractivity contribution is 0.299. The van der Waals surface area contributed by atoms with Gasteiger partial charge in [-0.05, 0) is 42.8 Å². The minimum Gasteiger partial charge on any atom is -0.494 e. The molecule has 0 aromatic heterocycles. The van der Waals surface area contributed by atoms with Gasteiger partial charge in [-0.15, -0.1) is 0 Å². The average Bonchev–Trinajstić information content (AvgIpc) is 2.46. The summed E-state index contributed by atoms with van der Waals surface area (Å²) < 4.78 is 37.3. The van der Waals surface area contributed by atoms with E-state index in [0.29, 0.717) is 16.9 Å². The molecule has 0 aliphatic rings. The molecule has 0 radical (unpaired) electrons. The van der Waals surface area contributed by atoms with Crippen molar-refractivity contribution in [1.29, 1.82) is 0 Å². The first-order chi connectivity index (χ1) is 10.0. The summed E-state index contributed by atoms with van der Waals surface area (Å²) in [6, 6.07) is 8.39. The van der Waals surface area contributed by atoms with Gasteiger partial charge < -0.3 is 15.2 Å². The molecule has 0 saturated carbocycles. The molecular weight excluding hydrogens is 276 g/mol. The number of halogens is 2. The highest BCUT2D eigenvalue weighted by atomic mass is 19.1. The minimum absolute atomic E-state index is 0.159. The van der Waals surface area contributed by atoms with Crippen LogP contribution < -0.4 is 15.2 Å². The molecule has 5 heteroatoms. The Kier molecular flexibility index (Phi) is 4.75. The molecule has 1 unspecified atom stereocenters. The Morgan fingerprint density at radius 1 is 1.10 bits per heavy atom. The number of rotatable bonds is 5. The van der Waals surface area contributed by atoms with Crippen LogP contribution in [0.3, 0.4) is 0 Å². The summed E-state index contributed by atoms with van der Waals surface area (Å²) in [5, 5.41) is 0. The summed E-state index contributed by atoms with van der Waals surface area (Å²) in [6.07, 6.45) is 0. The van der Waals surface area contributed by atoms with Crippen molar-refractivity contribution in [2.45, 2.75) is 19.6 Å². The zero-order valence-corrected chi connectivity index (χ0v) is 11.9. The minimum atomic E-state index is -0.454. The number of methoxy groups -OCH3 is 1. The van der Waals surface area contributed by atoms with Crippen molar-refractivity contribution in [3.05, 3.63) is 59.2 Å². The van der Waals surface area contributed by atoms with Crippen LogP contribution in [0.1, 0.15) is 24.1 Å². The normalized spacial score (nSPS) is 12.0. The first-order valence-electron chi connectivity index (χ1n) is 6.51. The molecule has 0 bridgehead atoms. The van der Waals surface area contributed by atoms with Crippen molar-refractivity contribution in [2.24, 2.45) is 5.73 Å². The highest BCUT2D eigenvalue weighted by molar-refractivity contribution is 5.36. The van der Waals surface area contributed by atoms with Gasteiger partial charge in [-0.25, -0.2) is 8.78 Å². The second-order valence-electron chi connectivity index (χ2n) is 4.73. The largest absolute Gasteiger partial charge is 0.494 e. The van der Waals surface area contributed by atoms with Crippen LogP contribution in [0.15, 0.2) is 36.4 Å². The Bertz CT molecular complexity index is 630. The van der Waals surface area contributed by atoms with E-state index in [4.69, 9.17) is 15.2 Å². The molecule has 112 valence electrons. The molecule has 2 N–H and O–H groups in total. The molecule has 0 aliphatic carbocycles. The second-order valence-corrected chi connectivity index (χ2v) is 4.73. The van der Waals surface area contributed by atoms with Gasteiger partial charge in [-0.1, -0.05) is 6.07 Å². The number of hydrogen-bond donors (Lipinski definition) is 1. The van der Waals surface area contributed by atoms with Gasteiger partial charge in [0.05, 0.1) is 7.11 Å². The zero-order valence-electron chi connectivity index (χ0n) is 11.9. The molecule has 0 aliphatic heterocycles. The molecule has 0 spiro atoms. The SMILES string of the molecule is COc1ccc(COc2ccc(F)cc2C(C)N)cc1F. The zero-order chi connectivity index (χ0) is 15.4. The summed E-state index contributed by atoms with van der Waals surface area (Å²) in [5.41, 5.74) is 7.01. The molecule has 21 heavy (non-hydrogen) atoms. The quantitative estimate of drug-likeness (QED) is 0.916. The number of hydrogen-bond acceptors (Lipinski definition) is 3. The van der Waals surface area contributed by atoms with E-state index >= 15 is 0 Å². The van der Waals surface area contributed by atoms with Crippen molar-refractivity contribution in [2.75, 3.05) is 7.11 Å². The summed E-state index contributed by atoms with van der Waals surface area (Å²) in [4.78, 5) is 0. The fraction of sp³-hybridized carbons (Fsp3) is 0.250. The molecule has 2 rings (SSSR count). The molecule has 3 nitrogen and oxygen atoms in total. The highest BCUT2D eigenvalue weighted by Crippen LogP contribution is 2.26. The van der Waals surface area contributed by atoms with E-state index < -0.39 is 5.82 Å². The lowest BCUT2D eigenvalue weighted by Crippen LogP contribution is -2.08. The van der Waals surface area contributed by atoms with E-state index in [9.17, 15) is 8.78 Å². The number of nitrogens with two attached hydrogens (primary N) is 1. The first-order valence-corrected chi connectivity index (χ1v) is 6.51. The Hall–Kier alpha value is -2.14. The predicted octanol–water partition coefficient (Wildman–Crippen LogP) is 3.57. The van der Waals surface area contributed by atoms with Crippen molar-refractivity contribution >= 4 is 0 Å². The maximum atomic E-state index is 13.6. The molecule has 0 heterocycles. The average molecular weight is 293 g/mol. The van der Waals surface area contributed by atoms with Crippen LogP contribution in [0, 0.1) is 11.6 Å². The lowest BCUT2D eigenvalue weighted by Gasteiger charge is -2.14. The number of ether oxygens (including phenoxy) is 2. The Morgan fingerprint density at radius 3 is 2.43 bits per heavy atom. The molecule has 2 aromatic carbocycles. The summed E-state index contributed by atoms with van der Waals surface area (Å²) in [6.45, 7) is 1.90. The molecule has 0 amide bonds. The Morgan fingerprint density at radius 2 is 1.81 bits per heavy atom. The summed E-state index contributed by atoms with van der Waals surface area (Å²) in [7, 11) is 1.40. The van der Waals surface area contributed by atoms with Crippen LogP contribution in [-0.4, -0.2) is 7.11 Å².